The lowest BCUT2D eigenvalue weighted by Crippen LogP contribution is -2.50. The summed E-state index contributed by atoms with van der Waals surface area (Å²) in [6.45, 7) is 3.47. The Hall–Kier alpha value is -2.58. The van der Waals surface area contributed by atoms with Gasteiger partial charge in [0.1, 0.15) is 11.9 Å². The minimum Gasteiger partial charge on any atom is -0.490 e. The number of piperidine rings is 1. The van der Waals surface area contributed by atoms with Crippen LogP contribution in [0.1, 0.15) is 25.0 Å². The molecule has 2 aromatic rings. The molecule has 0 spiro atoms. The van der Waals surface area contributed by atoms with Gasteiger partial charge in [0.15, 0.2) is 0 Å². The number of benzene rings is 1. The van der Waals surface area contributed by atoms with Gasteiger partial charge in [0.05, 0.1) is 13.2 Å². The van der Waals surface area contributed by atoms with E-state index in [1.54, 1.807) is 23.0 Å². The van der Waals surface area contributed by atoms with E-state index >= 15 is 0 Å². The van der Waals surface area contributed by atoms with Crippen LogP contribution in [-0.2, 0) is 27.8 Å². The zero-order valence-corrected chi connectivity index (χ0v) is 19.7. The number of aromatic nitrogens is 2. The van der Waals surface area contributed by atoms with E-state index in [2.05, 4.69) is 5.10 Å². The summed E-state index contributed by atoms with van der Waals surface area (Å²) in [4.78, 5) is 29.7. The highest BCUT2D eigenvalue weighted by Gasteiger charge is 2.35. The van der Waals surface area contributed by atoms with Gasteiger partial charge in [-0.25, -0.2) is 0 Å². The Bertz CT molecular complexity index is 959. The van der Waals surface area contributed by atoms with Crippen molar-refractivity contribution in [3.8, 4) is 5.75 Å². The average Bonchev–Trinajstić information content (AvgIpc) is 3.23. The molecule has 2 aliphatic rings. The summed E-state index contributed by atoms with van der Waals surface area (Å²) >= 11 is 6.13. The fourth-order valence-corrected chi connectivity index (χ4v) is 4.69. The second-order valence-corrected chi connectivity index (χ2v) is 9.08. The fraction of sp³-hybridized carbons (Fsp3) is 0.542. The maximum atomic E-state index is 13.0. The zero-order chi connectivity index (χ0) is 23.2. The molecule has 2 atom stereocenters. The van der Waals surface area contributed by atoms with Crippen LogP contribution in [0, 0.1) is 5.92 Å². The summed E-state index contributed by atoms with van der Waals surface area (Å²) in [6, 6.07) is 9.24. The molecule has 9 heteroatoms. The molecular weight excluding hydrogens is 444 g/mol. The first-order valence-electron chi connectivity index (χ1n) is 11.5. The van der Waals surface area contributed by atoms with Gasteiger partial charge in [-0.2, -0.15) is 5.10 Å². The average molecular weight is 475 g/mol. The summed E-state index contributed by atoms with van der Waals surface area (Å²) in [5, 5.41) is 4.77. The Morgan fingerprint density at radius 3 is 2.70 bits per heavy atom. The van der Waals surface area contributed by atoms with Crippen LogP contribution in [0.2, 0.25) is 5.02 Å². The van der Waals surface area contributed by atoms with E-state index < -0.39 is 0 Å². The van der Waals surface area contributed by atoms with Crippen LogP contribution in [-0.4, -0.2) is 76.9 Å². The largest absolute Gasteiger partial charge is 0.490 e. The van der Waals surface area contributed by atoms with Crippen LogP contribution >= 0.6 is 11.6 Å². The topological polar surface area (TPSA) is 76.9 Å². The second-order valence-electron chi connectivity index (χ2n) is 8.65. The Morgan fingerprint density at radius 2 is 1.97 bits per heavy atom. The van der Waals surface area contributed by atoms with Crippen LogP contribution < -0.4 is 4.74 Å². The molecule has 2 aliphatic heterocycles. The highest BCUT2D eigenvalue weighted by Crippen LogP contribution is 2.28. The summed E-state index contributed by atoms with van der Waals surface area (Å²) in [5.74, 6) is 0.787. The number of nitrogens with zero attached hydrogens (tertiary/aromatic N) is 4. The van der Waals surface area contributed by atoms with Crippen molar-refractivity contribution < 1.29 is 19.1 Å². The lowest BCUT2D eigenvalue weighted by atomic mass is 9.90. The molecular formula is C24H31ClN4O4. The van der Waals surface area contributed by atoms with E-state index in [0.717, 1.165) is 5.69 Å². The maximum absolute atomic E-state index is 13.0. The molecule has 0 radical (unpaired) electrons. The standard InChI is InChI=1S/C24H31ClN4O4/c1-27-20(7-9-26-27)5-6-23(30)29-10-8-22(33-21-4-2-3-19(25)16-21)18(17-29)15-24(31)28-11-13-32-14-12-28/h2-4,7,9,16,18,22H,5-6,8,10-15,17H2,1H3/t18-,22-/m0/s1. The molecule has 178 valence electrons. The molecule has 33 heavy (non-hydrogen) atoms. The van der Waals surface area contributed by atoms with Gasteiger partial charge in [0.25, 0.3) is 0 Å². The fourth-order valence-electron chi connectivity index (χ4n) is 4.51. The molecule has 2 amide bonds. The number of ether oxygens (including phenoxy) is 2. The van der Waals surface area contributed by atoms with Crippen molar-refractivity contribution in [2.75, 3.05) is 39.4 Å². The number of hydrogen-bond donors (Lipinski definition) is 0. The van der Waals surface area contributed by atoms with Gasteiger partial charge in [-0.1, -0.05) is 17.7 Å². The van der Waals surface area contributed by atoms with Crippen molar-refractivity contribution in [1.29, 1.82) is 0 Å². The number of amides is 2. The number of aryl methyl sites for hydroxylation is 2. The van der Waals surface area contributed by atoms with Crippen LogP contribution in [0.15, 0.2) is 36.5 Å². The molecule has 0 N–H and O–H groups in total. The van der Waals surface area contributed by atoms with Crippen molar-refractivity contribution in [2.24, 2.45) is 13.0 Å². The second kappa shape index (κ2) is 11.0. The summed E-state index contributed by atoms with van der Waals surface area (Å²) in [6.07, 6.45) is 3.66. The quantitative estimate of drug-likeness (QED) is 0.616. The number of likely N-dealkylation sites (tertiary alicyclic amines) is 1. The first-order valence-corrected chi connectivity index (χ1v) is 11.9. The van der Waals surface area contributed by atoms with Gasteiger partial charge in [-0.15, -0.1) is 0 Å². The van der Waals surface area contributed by atoms with E-state index in [9.17, 15) is 9.59 Å². The van der Waals surface area contributed by atoms with Gasteiger partial charge >= 0.3 is 0 Å². The lowest BCUT2D eigenvalue weighted by molar-refractivity contribution is -0.141. The minimum absolute atomic E-state index is 0.0891. The monoisotopic (exact) mass is 474 g/mol. The summed E-state index contributed by atoms with van der Waals surface area (Å²) in [5.41, 5.74) is 1.03. The predicted octanol–water partition coefficient (Wildman–Crippen LogP) is 2.55. The molecule has 2 saturated heterocycles. The van der Waals surface area contributed by atoms with Crippen LogP contribution in [0.4, 0.5) is 0 Å². The van der Waals surface area contributed by atoms with E-state index in [4.69, 9.17) is 21.1 Å². The number of rotatable bonds is 7. The smallest absolute Gasteiger partial charge is 0.223 e. The number of hydrogen-bond acceptors (Lipinski definition) is 5. The molecule has 0 saturated carbocycles. The highest BCUT2D eigenvalue weighted by molar-refractivity contribution is 6.30. The Labute approximate surface area is 199 Å². The predicted molar refractivity (Wildman–Crippen MR) is 124 cm³/mol. The van der Waals surface area contributed by atoms with E-state index in [1.807, 2.05) is 35.0 Å². The van der Waals surface area contributed by atoms with E-state index in [-0.39, 0.29) is 23.8 Å². The minimum atomic E-state index is -0.158. The van der Waals surface area contributed by atoms with E-state index in [0.29, 0.717) is 75.8 Å². The summed E-state index contributed by atoms with van der Waals surface area (Å²) < 4.78 is 13.4. The third-order valence-corrected chi connectivity index (χ3v) is 6.65. The SMILES string of the molecule is Cn1nccc1CCC(=O)N1CC[C@H](Oc2cccc(Cl)c2)[C@@H](CC(=O)N2CCOCC2)C1. The molecule has 0 unspecified atom stereocenters. The molecule has 8 nitrogen and oxygen atoms in total. The summed E-state index contributed by atoms with van der Waals surface area (Å²) in [7, 11) is 1.88. The van der Waals surface area contributed by atoms with Crippen molar-refractivity contribution in [3.05, 3.63) is 47.2 Å². The molecule has 2 fully saturated rings. The number of halogens is 1. The van der Waals surface area contributed by atoms with Gasteiger partial charge < -0.3 is 19.3 Å². The Kier molecular flexibility index (Phi) is 7.88. The number of morpholine rings is 1. The van der Waals surface area contributed by atoms with Crippen molar-refractivity contribution in [3.63, 3.8) is 0 Å². The lowest BCUT2D eigenvalue weighted by Gasteiger charge is -2.39. The van der Waals surface area contributed by atoms with Gasteiger partial charge in [0, 0.05) is 75.3 Å². The van der Waals surface area contributed by atoms with Gasteiger partial charge in [-0.3, -0.25) is 14.3 Å². The Morgan fingerprint density at radius 1 is 1.15 bits per heavy atom. The van der Waals surface area contributed by atoms with Gasteiger partial charge in [0.2, 0.25) is 11.8 Å². The van der Waals surface area contributed by atoms with Crippen molar-refractivity contribution in [1.82, 2.24) is 19.6 Å². The molecule has 0 bridgehead atoms. The number of carbonyl (C=O) groups excluding carboxylic acids is 2. The molecule has 3 heterocycles. The van der Waals surface area contributed by atoms with E-state index in [1.165, 1.54) is 0 Å². The van der Waals surface area contributed by atoms with Gasteiger partial charge in [-0.05, 0) is 30.7 Å². The third kappa shape index (κ3) is 6.26. The first kappa shape index (κ1) is 23.6. The van der Waals surface area contributed by atoms with Crippen LogP contribution in [0.5, 0.6) is 5.75 Å². The number of carbonyl (C=O) groups is 2. The van der Waals surface area contributed by atoms with Crippen molar-refractivity contribution >= 4 is 23.4 Å². The Balaban J connectivity index is 1.41. The maximum Gasteiger partial charge on any atom is 0.223 e. The normalized spacial score (nSPS) is 21.2. The van der Waals surface area contributed by atoms with Crippen LogP contribution in [0.25, 0.3) is 0 Å². The van der Waals surface area contributed by atoms with Crippen molar-refractivity contribution in [2.45, 2.75) is 31.8 Å². The highest BCUT2D eigenvalue weighted by atomic mass is 35.5. The molecule has 1 aromatic heterocycles. The first-order chi connectivity index (χ1) is 16.0. The zero-order valence-electron chi connectivity index (χ0n) is 19.0. The van der Waals surface area contributed by atoms with Crippen LogP contribution in [0.3, 0.4) is 0 Å². The molecule has 1 aromatic carbocycles. The molecule has 0 aliphatic carbocycles. The third-order valence-electron chi connectivity index (χ3n) is 6.42. The molecule has 4 rings (SSSR count).